The van der Waals surface area contributed by atoms with E-state index in [4.69, 9.17) is 4.74 Å². The molecule has 0 bridgehead atoms. The number of rotatable bonds is 5. The SMILES string of the molecule is O=C(COC(=O)C1(c2ccccc2F)CCCC1)c1ccccc1F. The van der Waals surface area contributed by atoms with Gasteiger partial charge in [0, 0.05) is 5.56 Å². The minimum absolute atomic E-state index is 0.123. The molecule has 0 N–H and O–H groups in total. The van der Waals surface area contributed by atoms with Crippen LogP contribution in [0, 0.1) is 11.6 Å². The molecule has 0 aliphatic heterocycles. The summed E-state index contributed by atoms with van der Waals surface area (Å²) in [5.74, 6) is -2.36. The standard InChI is InChI=1S/C20H18F2O3/c21-16-9-3-1-7-14(16)18(23)13-25-19(24)20(11-5-6-12-20)15-8-2-4-10-17(15)22/h1-4,7-10H,5-6,11-13H2. The average Bonchev–Trinajstić information content (AvgIpc) is 3.11. The molecule has 1 saturated carbocycles. The first-order valence-corrected chi connectivity index (χ1v) is 8.24. The van der Waals surface area contributed by atoms with Gasteiger partial charge in [0.2, 0.25) is 5.78 Å². The van der Waals surface area contributed by atoms with Crippen LogP contribution in [0.5, 0.6) is 0 Å². The Hall–Kier alpha value is -2.56. The molecule has 2 aromatic carbocycles. The summed E-state index contributed by atoms with van der Waals surface area (Å²) in [6.45, 7) is -0.560. The van der Waals surface area contributed by atoms with Gasteiger partial charge < -0.3 is 4.74 Å². The summed E-state index contributed by atoms with van der Waals surface area (Å²) < 4.78 is 33.1. The molecule has 0 aromatic heterocycles. The van der Waals surface area contributed by atoms with Gasteiger partial charge in [-0.05, 0) is 31.0 Å². The van der Waals surface area contributed by atoms with Crippen LogP contribution in [0.3, 0.4) is 0 Å². The molecule has 0 spiro atoms. The fourth-order valence-corrected chi connectivity index (χ4v) is 3.45. The van der Waals surface area contributed by atoms with Crippen LogP contribution < -0.4 is 0 Å². The third-order valence-corrected chi connectivity index (χ3v) is 4.75. The summed E-state index contributed by atoms with van der Waals surface area (Å²) in [6.07, 6.45) is 2.51. The summed E-state index contributed by atoms with van der Waals surface area (Å²) in [5, 5.41) is 0. The number of esters is 1. The van der Waals surface area contributed by atoms with E-state index in [1.807, 2.05) is 0 Å². The Morgan fingerprint density at radius 3 is 2.16 bits per heavy atom. The number of hydrogen-bond donors (Lipinski definition) is 0. The van der Waals surface area contributed by atoms with E-state index in [-0.39, 0.29) is 5.56 Å². The zero-order valence-corrected chi connectivity index (χ0v) is 13.6. The fourth-order valence-electron chi connectivity index (χ4n) is 3.45. The van der Waals surface area contributed by atoms with E-state index < -0.39 is 35.4 Å². The Labute approximate surface area is 144 Å². The van der Waals surface area contributed by atoms with Crippen LogP contribution in [0.1, 0.15) is 41.6 Å². The van der Waals surface area contributed by atoms with Crippen LogP contribution >= 0.6 is 0 Å². The van der Waals surface area contributed by atoms with Gasteiger partial charge in [-0.1, -0.05) is 43.2 Å². The molecule has 130 valence electrons. The van der Waals surface area contributed by atoms with E-state index >= 15 is 0 Å². The Balaban J connectivity index is 1.78. The molecule has 1 aliphatic carbocycles. The molecule has 3 rings (SSSR count). The van der Waals surface area contributed by atoms with Crippen molar-refractivity contribution in [1.82, 2.24) is 0 Å². The van der Waals surface area contributed by atoms with Crippen LogP contribution in [0.25, 0.3) is 0 Å². The predicted molar refractivity (Wildman–Crippen MR) is 88.2 cm³/mol. The van der Waals surface area contributed by atoms with Crippen molar-refractivity contribution in [3.05, 3.63) is 71.3 Å². The number of carbonyl (C=O) groups excluding carboxylic acids is 2. The zero-order valence-electron chi connectivity index (χ0n) is 13.6. The summed E-state index contributed by atoms with van der Waals surface area (Å²) in [5.41, 5.74) is -0.890. The Kier molecular flexibility index (Phi) is 4.93. The fraction of sp³-hybridized carbons (Fsp3) is 0.300. The Morgan fingerprint density at radius 1 is 0.920 bits per heavy atom. The van der Waals surface area contributed by atoms with Crippen molar-refractivity contribution in [3.8, 4) is 0 Å². The van der Waals surface area contributed by atoms with Gasteiger partial charge in [0.25, 0.3) is 0 Å². The van der Waals surface area contributed by atoms with Gasteiger partial charge in [-0.25, -0.2) is 8.78 Å². The molecule has 0 saturated heterocycles. The quantitative estimate of drug-likeness (QED) is 0.603. The average molecular weight is 344 g/mol. The molecule has 0 unspecified atom stereocenters. The van der Waals surface area contributed by atoms with Crippen molar-refractivity contribution >= 4 is 11.8 Å². The van der Waals surface area contributed by atoms with Crippen LogP contribution in [0.2, 0.25) is 0 Å². The van der Waals surface area contributed by atoms with E-state index in [9.17, 15) is 18.4 Å². The van der Waals surface area contributed by atoms with Gasteiger partial charge in [-0.15, -0.1) is 0 Å². The number of ketones is 1. The van der Waals surface area contributed by atoms with Crippen molar-refractivity contribution in [1.29, 1.82) is 0 Å². The highest BCUT2D eigenvalue weighted by Gasteiger charge is 2.46. The molecular weight excluding hydrogens is 326 g/mol. The highest BCUT2D eigenvalue weighted by atomic mass is 19.1. The molecular formula is C20H18F2O3. The molecule has 0 atom stereocenters. The second kappa shape index (κ2) is 7.13. The maximum absolute atomic E-state index is 14.2. The first kappa shape index (κ1) is 17.3. The number of benzene rings is 2. The lowest BCUT2D eigenvalue weighted by atomic mass is 9.78. The van der Waals surface area contributed by atoms with Gasteiger partial charge >= 0.3 is 5.97 Å². The predicted octanol–water partition coefficient (Wildman–Crippen LogP) is 4.20. The summed E-state index contributed by atoms with van der Waals surface area (Å²) in [6, 6.07) is 11.7. The van der Waals surface area contributed by atoms with Crippen LogP contribution in [-0.2, 0) is 14.9 Å². The van der Waals surface area contributed by atoms with E-state index in [0.717, 1.165) is 12.8 Å². The van der Waals surface area contributed by atoms with Gasteiger partial charge in [0.05, 0.1) is 11.0 Å². The molecule has 1 fully saturated rings. The number of hydrogen-bond acceptors (Lipinski definition) is 3. The highest BCUT2D eigenvalue weighted by Crippen LogP contribution is 2.43. The molecule has 2 aromatic rings. The van der Waals surface area contributed by atoms with E-state index in [1.165, 1.54) is 30.3 Å². The number of halogens is 2. The van der Waals surface area contributed by atoms with Crippen molar-refractivity contribution in [2.45, 2.75) is 31.1 Å². The smallest absolute Gasteiger partial charge is 0.317 e. The maximum Gasteiger partial charge on any atom is 0.317 e. The monoisotopic (exact) mass is 344 g/mol. The molecule has 1 aliphatic rings. The van der Waals surface area contributed by atoms with Gasteiger partial charge in [0.15, 0.2) is 6.61 Å². The number of ether oxygens (including phenoxy) is 1. The lowest BCUT2D eigenvalue weighted by Gasteiger charge is -2.27. The van der Waals surface area contributed by atoms with E-state index in [2.05, 4.69) is 0 Å². The molecule has 0 radical (unpaired) electrons. The van der Waals surface area contributed by atoms with Crippen LogP contribution in [0.15, 0.2) is 48.5 Å². The molecule has 0 amide bonds. The number of carbonyl (C=O) groups is 2. The topological polar surface area (TPSA) is 43.4 Å². The van der Waals surface area contributed by atoms with Crippen molar-refractivity contribution in [3.63, 3.8) is 0 Å². The molecule has 5 heteroatoms. The molecule has 25 heavy (non-hydrogen) atoms. The maximum atomic E-state index is 14.2. The summed E-state index contributed by atoms with van der Waals surface area (Å²) in [7, 11) is 0. The van der Waals surface area contributed by atoms with Crippen molar-refractivity contribution in [2.24, 2.45) is 0 Å². The van der Waals surface area contributed by atoms with Gasteiger partial charge in [0.1, 0.15) is 11.6 Å². The normalized spacial score (nSPS) is 15.8. The summed E-state index contributed by atoms with van der Waals surface area (Å²) >= 11 is 0. The molecule has 3 nitrogen and oxygen atoms in total. The molecule has 0 heterocycles. The van der Waals surface area contributed by atoms with E-state index in [0.29, 0.717) is 18.4 Å². The minimum Gasteiger partial charge on any atom is -0.457 e. The first-order chi connectivity index (χ1) is 12.0. The first-order valence-electron chi connectivity index (χ1n) is 8.24. The summed E-state index contributed by atoms with van der Waals surface area (Å²) in [4.78, 5) is 24.8. The zero-order chi connectivity index (χ0) is 17.9. The highest BCUT2D eigenvalue weighted by molar-refractivity contribution is 5.98. The van der Waals surface area contributed by atoms with Crippen LogP contribution in [-0.4, -0.2) is 18.4 Å². The van der Waals surface area contributed by atoms with Crippen molar-refractivity contribution < 1.29 is 23.1 Å². The third-order valence-electron chi connectivity index (χ3n) is 4.75. The second-order valence-electron chi connectivity index (χ2n) is 6.25. The number of Topliss-reactive ketones (excluding diaryl/α,β-unsaturated/α-hetero) is 1. The third kappa shape index (κ3) is 3.31. The Morgan fingerprint density at radius 2 is 1.52 bits per heavy atom. The largest absolute Gasteiger partial charge is 0.457 e. The Bertz CT molecular complexity index is 795. The lowest BCUT2D eigenvalue weighted by molar-refractivity contribution is -0.149. The van der Waals surface area contributed by atoms with Gasteiger partial charge in [-0.3, -0.25) is 9.59 Å². The minimum atomic E-state index is -1.07. The van der Waals surface area contributed by atoms with Crippen molar-refractivity contribution in [2.75, 3.05) is 6.61 Å². The lowest BCUT2D eigenvalue weighted by Crippen LogP contribution is -2.36. The van der Waals surface area contributed by atoms with Crippen LogP contribution in [0.4, 0.5) is 8.78 Å². The van der Waals surface area contributed by atoms with Gasteiger partial charge in [-0.2, -0.15) is 0 Å². The second-order valence-corrected chi connectivity index (χ2v) is 6.25. The van der Waals surface area contributed by atoms with E-state index in [1.54, 1.807) is 18.2 Å².